The number of nitrogens with one attached hydrogen (secondary N) is 1. The van der Waals surface area contributed by atoms with E-state index >= 15 is 0 Å². The van der Waals surface area contributed by atoms with Crippen LogP contribution in [0.25, 0.3) is 10.9 Å². The monoisotopic (exact) mass is 382 g/mol. The number of aryl methyl sites for hydroxylation is 1. The lowest BCUT2D eigenvalue weighted by molar-refractivity contribution is 0.0944. The van der Waals surface area contributed by atoms with Crippen LogP contribution < -0.4 is 5.32 Å². The maximum atomic E-state index is 12.8. The quantitative estimate of drug-likeness (QED) is 0.790. The molecule has 1 aliphatic heterocycles. The smallest absolute Gasteiger partial charge is 0.269 e. The highest BCUT2D eigenvalue weighted by Gasteiger charge is 2.28. The van der Waals surface area contributed by atoms with E-state index in [4.69, 9.17) is 4.98 Å². The van der Waals surface area contributed by atoms with Crippen molar-refractivity contribution in [1.82, 2.24) is 10.3 Å². The Bertz CT molecular complexity index is 874. The molecule has 2 aliphatic rings. The van der Waals surface area contributed by atoms with E-state index in [1.807, 2.05) is 17.8 Å². The van der Waals surface area contributed by atoms with Gasteiger partial charge in [0.2, 0.25) is 0 Å². The van der Waals surface area contributed by atoms with Gasteiger partial charge in [0.25, 0.3) is 5.91 Å². The molecule has 3 nitrogen and oxygen atoms in total. The molecule has 2 heterocycles. The predicted octanol–water partition coefficient (Wildman–Crippen LogP) is 5.20. The van der Waals surface area contributed by atoms with Crippen molar-refractivity contribution in [2.45, 2.75) is 58.3 Å². The zero-order chi connectivity index (χ0) is 19.2. The highest BCUT2D eigenvalue weighted by molar-refractivity contribution is 7.99. The van der Waals surface area contributed by atoms with Crippen molar-refractivity contribution in [3.05, 3.63) is 40.6 Å². The van der Waals surface area contributed by atoms with Crippen molar-refractivity contribution in [2.75, 3.05) is 18.1 Å². The third-order valence-electron chi connectivity index (χ3n) is 5.81. The summed E-state index contributed by atoms with van der Waals surface area (Å²) in [5.74, 6) is 3.64. The number of benzene rings is 1. The molecule has 4 heteroatoms. The van der Waals surface area contributed by atoms with E-state index < -0.39 is 0 Å². The summed E-state index contributed by atoms with van der Waals surface area (Å²) in [7, 11) is 0. The largest absolute Gasteiger partial charge is 0.350 e. The molecule has 0 unspecified atom stereocenters. The molecule has 0 radical (unpaired) electrons. The summed E-state index contributed by atoms with van der Waals surface area (Å²) in [4.78, 5) is 17.6. The highest BCUT2D eigenvalue weighted by atomic mass is 32.2. The first-order valence-electron chi connectivity index (χ1n) is 10.1. The van der Waals surface area contributed by atoms with Crippen molar-refractivity contribution < 1.29 is 4.79 Å². The summed E-state index contributed by atoms with van der Waals surface area (Å²) in [6, 6.07) is 6.61. The molecule has 1 aromatic heterocycles. The minimum absolute atomic E-state index is 0.00123. The Kier molecular flexibility index (Phi) is 4.96. The Labute approximate surface area is 166 Å². The number of aromatic nitrogens is 1. The van der Waals surface area contributed by atoms with Crippen LogP contribution in [0.2, 0.25) is 0 Å². The minimum atomic E-state index is -0.0389. The molecule has 0 spiro atoms. The normalized spacial score (nSPS) is 20.2. The lowest BCUT2D eigenvalue weighted by Crippen LogP contribution is -2.30. The Morgan fingerprint density at radius 2 is 2.00 bits per heavy atom. The van der Waals surface area contributed by atoms with E-state index in [2.05, 4.69) is 45.1 Å². The first kappa shape index (κ1) is 18.8. The zero-order valence-electron chi connectivity index (χ0n) is 16.9. The molecule has 1 saturated heterocycles. The highest BCUT2D eigenvalue weighted by Crippen LogP contribution is 2.43. The van der Waals surface area contributed by atoms with Crippen molar-refractivity contribution in [2.24, 2.45) is 5.92 Å². The molecule has 1 amide bonds. The second kappa shape index (κ2) is 7.12. The van der Waals surface area contributed by atoms with Crippen molar-refractivity contribution >= 4 is 28.6 Å². The Hall–Kier alpha value is -1.55. The molecule has 1 saturated carbocycles. The van der Waals surface area contributed by atoms with Crippen molar-refractivity contribution in [1.29, 1.82) is 0 Å². The maximum absolute atomic E-state index is 12.8. The van der Waals surface area contributed by atoms with Gasteiger partial charge in [0.15, 0.2) is 0 Å². The van der Waals surface area contributed by atoms with Gasteiger partial charge in [-0.3, -0.25) is 4.79 Å². The molecule has 0 bridgehead atoms. The van der Waals surface area contributed by atoms with E-state index in [0.29, 0.717) is 17.5 Å². The molecule has 1 aliphatic carbocycles. The summed E-state index contributed by atoms with van der Waals surface area (Å²) in [5.41, 5.74) is 5.39. The molecule has 1 aromatic carbocycles. The van der Waals surface area contributed by atoms with Gasteiger partial charge in [-0.2, -0.15) is 11.8 Å². The topological polar surface area (TPSA) is 42.0 Å². The first-order valence-corrected chi connectivity index (χ1v) is 11.3. The van der Waals surface area contributed by atoms with E-state index in [1.165, 1.54) is 41.5 Å². The average molecular weight is 383 g/mol. The predicted molar refractivity (Wildman–Crippen MR) is 115 cm³/mol. The third-order valence-corrected chi connectivity index (χ3v) is 7.04. The molecule has 27 heavy (non-hydrogen) atoms. The molecule has 2 fully saturated rings. The summed E-state index contributed by atoms with van der Waals surface area (Å²) >= 11 is 1.98. The van der Waals surface area contributed by atoms with Crippen LogP contribution in [0, 0.1) is 12.8 Å². The second-order valence-corrected chi connectivity index (χ2v) is 10.4. The van der Waals surface area contributed by atoms with Gasteiger partial charge in [0, 0.05) is 11.9 Å². The fraction of sp³-hybridized carbons (Fsp3) is 0.565. The standard InChI is InChI=1S/C23H30N2OS/c1-14-9-20(22(26)24-12-15-7-8-27-13-15)25-21-18(14)10-17(16-5-6-16)11-19(21)23(2,3)4/h9-11,15-16H,5-8,12-13H2,1-4H3,(H,24,26)/t15-/m1/s1. The fourth-order valence-electron chi connectivity index (χ4n) is 3.93. The number of carbonyl (C=O) groups excluding carboxylic acids is 1. The van der Waals surface area contributed by atoms with Crippen molar-refractivity contribution in [3.63, 3.8) is 0 Å². The zero-order valence-corrected chi connectivity index (χ0v) is 17.7. The Morgan fingerprint density at radius 3 is 2.63 bits per heavy atom. The number of pyridine rings is 1. The molecule has 1 atom stereocenters. The van der Waals surface area contributed by atoms with Crippen molar-refractivity contribution in [3.8, 4) is 0 Å². The van der Waals surface area contributed by atoms with Gasteiger partial charge in [-0.05, 0) is 83.8 Å². The number of nitrogens with zero attached hydrogens (tertiary/aromatic N) is 1. The van der Waals surface area contributed by atoms with Crippen LogP contribution in [-0.2, 0) is 5.41 Å². The Morgan fingerprint density at radius 1 is 1.22 bits per heavy atom. The van der Waals surface area contributed by atoms with Gasteiger partial charge in [0.1, 0.15) is 5.69 Å². The number of rotatable bonds is 4. The van der Waals surface area contributed by atoms with Crippen LogP contribution >= 0.6 is 11.8 Å². The number of fused-ring (bicyclic) bond motifs is 1. The lowest BCUT2D eigenvalue weighted by atomic mass is 9.83. The SMILES string of the molecule is Cc1cc(C(=O)NC[C@H]2CCSC2)nc2c(C(C)(C)C)cc(C3CC3)cc12. The summed E-state index contributed by atoms with van der Waals surface area (Å²) in [6.45, 7) is 9.58. The molecular weight excluding hydrogens is 352 g/mol. The van der Waals surface area contributed by atoms with E-state index in [0.717, 1.165) is 23.4 Å². The number of amides is 1. The number of hydrogen-bond acceptors (Lipinski definition) is 3. The van der Waals surface area contributed by atoms with Gasteiger partial charge in [0.05, 0.1) is 5.52 Å². The van der Waals surface area contributed by atoms with E-state index in [9.17, 15) is 4.79 Å². The second-order valence-electron chi connectivity index (χ2n) is 9.25. The van der Waals surface area contributed by atoms with E-state index in [-0.39, 0.29) is 11.3 Å². The Balaban J connectivity index is 1.70. The molecule has 4 rings (SSSR count). The van der Waals surface area contributed by atoms with Crippen LogP contribution in [-0.4, -0.2) is 28.9 Å². The minimum Gasteiger partial charge on any atom is -0.350 e. The fourth-order valence-corrected chi connectivity index (χ4v) is 5.21. The van der Waals surface area contributed by atoms with Gasteiger partial charge >= 0.3 is 0 Å². The molecule has 1 N–H and O–H groups in total. The van der Waals surface area contributed by atoms with E-state index in [1.54, 1.807) is 0 Å². The van der Waals surface area contributed by atoms with Crippen LogP contribution in [0.1, 0.15) is 73.1 Å². The average Bonchev–Trinajstić information content (AvgIpc) is 3.34. The van der Waals surface area contributed by atoms with Gasteiger partial charge in [-0.1, -0.05) is 26.8 Å². The molecular formula is C23H30N2OS. The first-order chi connectivity index (χ1) is 12.8. The number of thioether (sulfide) groups is 1. The van der Waals surface area contributed by atoms with Gasteiger partial charge < -0.3 is 5.32 Å². The summed E-state index contributed by atoms with van der Waals surface area (Å²) in [5, 5.41) is 4.32. The summed E-state index contributed by atoms with van der Waals surface area (Å²) in [6.07, 6.45) is 3.79. The number of hydrogen-bond donors (Lipinski definition) is 1. The molecule has 144 valence electrons. The van der Waals surface area contributed by atoms with Crippen LogP contribution in [0.5, 0.6) is 0 Å². The van der Waals surface area contributed by atoms with Gasteiger partial charge in [-0.25, -0.2) is 4.98 Å². The number of carbonyl (C=O) groups is 1. The third kappa shape index (κ3) is 4.01. The summed E-state index contributed by atoms with van der Waals surface area (Å²) < 4.78 is 0. The van der Waals surface area contributed by atoms with Crippen LogP contribution in [0.15, 0.2) is 18.2 Å². The lowest BCUT2D eigenvalue weighted by Gasteiger charge is -2.23. The maximum Gasteiger partial charge on any atom is 0.269 e. The van der Waals surface area contributed by atoms with Crippen LogP contribution in [0.3, 0.4) is 0 Å². The molecule has 2 aromatic rings. The van der Waals surface area contributed by atoms with Gasteiger partial charge in [-0.15, -0.1) is 0 Å². The van der Waals surface area contributed by atoms with Crippen LogP contribution in [0.4, 0.5) is 0 Å².